The zero-order chi connectivity index (χ0) is 16.8. The molecule has 1 aliphatic rings. The number of carboxylic acids is 1. The van der Waals surface area contributed by atoms with E-state index in [9.17, 15) is 14.4 Å². The second-order valence-electron chi connectivity index (χ2n) is 4.75. The molecule has 0 spiro atoms. The molecular formula is C15H16N2O6. The molecule has 3 N–H and O–H groups in total. The average molecular weight is 320 g/mol. The first-order chi connectivity index (χ1) is 11.0. The number of ether oxygens (including phenoxy) is 2. The van der Waals surface area contributed by atoms with Crippen LogP contribution in [0.5, 0.6) is 11.5 Å². The van der Waals surface area contributed by atoms with Crippen LogP contribution >= 0.6 is 0 Å². The maximum Gasteiger partial charge on any atom is 0.305 e. The molecule has 0 aromatic heterocycles. The Labute approximate surface area is 132 Å². The van der Waals surface area contributed by atoms with Crippen molar-refractivity contribution < 1.29 is 29.0 Å². The van der Waals surface area contributed by atoms with Gasteiger partial charge in [0, 0.05) is 13.5 Å². The van der Waals surface area contributed by atoms with E-state index >= 15 is 0 Å². The maximum atomic E-state index is 12.1. The van der Waals surface area contributed by atoms with Gasteiger partial charge in [-0.1, -0.05) is 6.07 Å². The molecule has 1 heterocycles. The van der Waals surface area contributed by atoms with Gasteiger partial charge < -0.3 is 25.2 Å². The molecule has 0 radical (unpaired) electrons. The highest BCUT2D eigenvalue weighted by Gasteiger charge is 2.15. The van der Waals surface area contributed by atoms with E-state index in [1.54, 1.807) is 18.2 Å². The molecule has 0 atom stereocenters. The number of carbonyl (C=O) groups is 3. The van der Waals surface area contributed by atoms with Crippen LogP contribution in [0.2, 0.25) is 0 Å². The Hall–Kier alpha value is -3.03. The number of carbonyl (C=O) groups excluding carboxylic acids is 2. The molecule has 0 aliphatic carbocycles. The third-order valence-electron chi connectivity index (χ3n) is 2.89. The highest BCUT2D eigenvalue weighted by molar-refractivity contribution is 6.01. The Morgan fingerprint density at radius 3 is 2.70 bits per heavy atom. The van der Waals surface area contributed by atoms with Crippen molar-refractivity contribution in [2.75, 3.05) is 13.3 Å². The van der Waals surface area contributed by atoms with Gasteiger partial charge in [-0.3, -0.25) is 14.4 Å². The standard InChI is InChI=1S/C15H16N2O6/c1-9(18)17-11(15(21)16-5-4-14(19)20)6-10-2-3-12-13(7-10)23-8-22-12/h2-3,6-7H,4-5,8H2,1H3,(H,16,21)(H,17,18)(H,19,20). The first-order valence-electron chi connectivity index (χ1n) is 6.84. The highest BCUT2D eigenvalue weighted by atomic mass is 16.7. The molecule has 1 aromatic rings. The second-order valence-corrected chi connectivity index (χ2v) is 4.75. The van der Waals surface area contributed by atoms with Crippen LogP contribution in [0.3, 0.4) is 0 Å². The van der Waals surface area contributed by atoms with Crippen molar-refractivity contribution >= 4 is 23.9 Å². The molecule has 0 saturated carbocycles. The second kappa shape index (κ2) is 7.30. The van der Waals surface area contributed by atoms with Crippen LogP contribution in [0.25, 0.3) is 6.08 Å². The predicted molar refractivity (Wildman–Crippen MR) is 79.6 cm³/mol. The molecule has 2 amide bonds. The predicted octanol–water partition coefficient (Wildman–Crippen LogP) is 0.483. The number of aliphatic carboxylic acids is 1. The lowest BCUT2D eigenvalue weighted by molar-refractivity contribution is -0.137. The fraction of sp³-hybridized carbons (Fsp3) is 0.267. The van der Waals surface area contributed by atoms with Gasteiger partial charge in [0.15, 0.2) is 11.5 Å². The number of benzene rings is 1. The molecule has 0 fully saturated rings. The Balaban J connectivity index is 2.14. The molecule has 23 heavy (non-hydrogen) atoms. The number of amides is 2. The topological polar surface area (TPSA) is 114 Å². The molecule has 8 heteroatoms. The number of nitrogens with one attached hydrogen (secondary N) is 2. The summed E-state index contributed by atoms with van der Waals surface area (Å²) in [5.41, 5.74) is 0.646. The molecule has 1 aliphatic heterocycles. The SMILES string of the molecule is CC(=O)NC(=Cc1ccc2c(c1)OCO2)C(=O)NCCC(=O)O. The zero-order valence-corrected chi connectivity index (χ0v) is 12.4. The van der Waals surface area contributed by atoms with Crippen LogP contribution in [0.1, 0.15) is 18.9 Å². The Bertz CT molecular complexity index is 668. The molecule has 2 rings (SSSR count). The fourth-order valence-corrected chi connectivity index (χ4v) is 1.90. The van der Waals surface area contributed by atoms with Gasteiger partial charge in [-0.2, -0.15) is 0 Å². The van der Waals surface area contributed by atoms with Gasteiger partial charge in [-0.05, 0) is 23.8 Å². The first kappa shape index (κ1) is 16.3. The smallest absolute Gasteiger partial charge is 0.305 e. The summed E-state index contributed by atoms with van der Waals surface area (Å²) >= 11 is 0. The van der Waals surface area contributed by atoms with Gasteiger partial charge in [0.2, 0.25) is 12.7 Å². The van der Waals surface area contributed by atoms with Crippen LogP contribution in [0.15, 0.2) is 23.9 Å². The molecule has 0 bridgehead atoms. The van der Waals surface area contributed by atoms with Crippen molar-refractivity contribution in [1.82, 2.24) is 10.6 Å². The van der Waals surface area contributed by atoms with Gasteiger partial charge >= 0.3 is 5.97 Å². The van der Waals surface area contributed by atoms with Gasteiger partial charge in [0.05, 0.1) is 6.42 Å². The molecule has 122 valence electrons. The third kappa shape index (κ3) is 4.73. The number of carboxylic acid groups (broad SMARTS) is 1. The van der Waals surface area contributed by atoms with Crippen LogP contribution in [0.4, 0.5) is 0 Å². The summed E-state index contributed by atoms with van der Waals surface area (Å²) in [4.78, 5) is 33.8. The minimum absolute atomic E-state index is 0.0155. The van der Waals surface area contributed by atoms with E-state index in [2.05, 4.69) is 10.6 Å². The minimum Gasteiger partial charge on any atom is -0.481 e. The summed E-state index contributed by atoms with van der Waals surface area (Å²) in [7, 11) is 0. The van der Waals surface area contributed by atoms with Crippen molar-refractivity contribution in [2.24, 2.45) is 0 Å². The summed E-state index contributed by atoms with van der Waals surface area (Å²) in [6, 6.07) is 5.08. The Morgan fingerprint density at radius 2 is 2.00 bits per heavy atom. The minimum atomic E-state index is -1.02. The lowest BCUT2D eigenvalue weighted by Crippen LogP contribution is -2.34. The number of hydrogen-bond donors (Lipinski definition) is 3. The van der Waals surface area contributed by atoms with Crippen molar-refractivity contribution in [1.29, 1.82) is 0 Å². The summed E-state index contributed by atoms with van der Waals surface area (Å²) in [5, 5.41) is 13.4. The van der Waals surface area contributed by atoms with E-state index in [1.165, 1.54) is 13.0 Å². The monoisotopic (exact) mass is 320 g/mol. The van der Waals surface area contributed by atoms with Gasteiger partial charge in [-0.25, -0.2) is 0 Å². The Kier molecular flexibility index (Phi) is 5.19. The lowest BCUT2D eigenvalue weighted by Gasteiger charge is -2.09. The summed E-state index contributed by atoms with van der Waals surface area (Å²) in [5.74, 6) is -0.850. The van der Waals surface area contributed by atoms with Crippen LogP contribution in [-0.2, 0) is 14.4 Å². The van der Waals surface area contributed by atoms with E-state index < -0.39 is 17.8 Å². The summed E-state index contributed by atoms with van der Waals surface area (Å²) < 4.78 is 10.4. The largest absolute Gasteiger partial charge is 0.481 e. The summed E-state index contributed by atoms with van der Waals surface area (Å²) in [6.45, 7) is 1.38. The Morgan fingerprint density at radius 1 is 1.26 bits per heavy atom. The van der Waals surface area contributed by atoms with Crippen molar-refractivity contribution in [3.05, 3.63) is 29.5 Å². The lowest BCUT2D eigenvalue weighted by atomic mass is 10.1. The quantitative estimate of drug-likeness (QED) is 0.657. The highest BCUT2D eigenvalue weighted by Crippen LogP contribution is 2.32. The number of fused-ring (bicyclic) bond motifs is 1. The normalized spacial score (nSPS) is 12.7. The van der Waals surface area contributed by atoms with Crippen LogP contribution in [0, 0.1) is 0 Å². The fourth-order valence-electron chi connectivity index (χ4n) is 1.90. The van der Waals surface area contributed by atoms with E-state index in [0.717, 1.165) is 0 Å². The van der Waals surface area contributed by atoms with Gasteiger partial charge in [-0.15, -0.1) is 0 Å². The first-order valence-corrected chi connectivity index (χ1v) is 6.84. The molecule has 0 saturated heterocycles. The number of hydrogen-bond acceptors (Lipinski definition) is 5. The van der Waals surface area contributed by atoms with E-state index in [4.69, 9.17) is 14.6 Å². The average Bonchev–Trinajstić information content (AvgIpc) is 2.93. The van der Waals surface area contributed by atoms with Crippen molar-refractivity contribution in [2.45, 2.75) is 13.3 Å². The third-order valence-corrected chi connectivity index (χ3v) is 2.89. The summed E-state index contributed by atoms with van der Waals surface area (Å²) in [6.07, 6.45) is 1.27. The van der Waals surface area contributed by atoms with Crippen LogP contribution in [-0.4, -0.2) is 36.2 Å². The molecular weight excluding hydrogens is 304 g/mol. The zero-order valence-electron chi connectivity index (χ0n) is 12.4. The maximum absolute atomic E-state index is 12.1. The van der Waals surface area contributed by atoms with Crippen molar-refractivity contribution in [3.63, 3.8) is 0 Å². The van der Waals surface area contributed by atoms with Gasteiger partial charge in [0.1, 0.15) is 5.70 Å². The van der Waals surface area contributed by atoms with Gasteiger partial charge in [0.25, 0.3) is 5.91 Å². The molecule has 0 unspecified atom stereocenters. The number of rotatable bonds is 6. The van der Waals surface area contributed by atoms with E-state index in [1.807, 2.05) is 0 Å². The van der Waals surface area contributed by atoms with E-state index in [0.29, 0.717) is 17.1 Å². The molecule has 1 aromatic carbocycles. The molecule has 8 nitrogen and oxygen atoms in total. The van der Waals surface area contributed by atoms with Crippen molar-refractivity contribution in [3.8, 4) is 11.5 Å². The van der Waals surface area contributed by atoms with Crippen LogP contribution < -0.4 is 20.1 Å². The van der Waals surface area contributed by atoms with E-state index in [-0.39, 0.29) is 25.5 Å².